The summed E-state index contributed by atoms with van der Waals surface area (Å²) >= 11 is 0. The lowest BCUT2D eigenvalue weighted by atomic mass is 10.1. The third-order valence-electron chi connectivity index (χ3n) is 3.46. The zero-order valence-corrected chi connectivity index (χ0v) is 14.7. The minimum Gasteiger partial charge on any atom is -0.478 e. The summed E-state index contributed by atoms with van der Waals surface area (Å²) in [5.74, 6) is -0.885. The molecule has 0 amide bonds. The molecule has 0 aromatic heterocycles. The van der Waals surface area contributed by atoms with Crippen LogP contribution in [0.1, 0.15) is 65.2 Å². The van der Waals surface area contributed by atoms with Crippen LogP contribution in [-0.4, -0.2) is 11.1 Å². The molecule has 0 heterocycles. The molecule has 0 radical (unpaired) electrons. The van der Waals surface area contributed by atoms with E-state index < -0.39 is 5.97 Å². The summed E-state index contributed by atoms with van der Waals surface area (Å²) < 4.78 is 0. The van der Waals surface area contributed by atoms with Crippen LogP contribution in [-0.2, 0) is 4.79 Å². The van der Waals surface area contributed by atoms with E-state index in [0.717, 1.165) is 6.42 Å². The van der Waals surface area contributed by atoms with Gasteiger partial charge in [0.05, 0.1) is 0 Å². The van der Waals surface area contributed by atoms with Crippen molar-refractivity contribution in [3.63, 3.8) is 0 Å². The van der Waals surface area contributed by atoms with Crippen LogP contribution in [0.15, 0.2) is 60.3 Å². The summed E-state index contributed by atoms with van der Waals surface area (Å²) in [5.41, 5.74) is 0.332. The molecule has 0 bridgehead atoms. The van der Waals surface area contributed by atoms with Gasteiger partial charge >= 0.3 is 5.97 Å². The van der Waals surface area contributed by atoms with Crippen molar-refractivity contribution in [2.75, 3.05) is 0 Å². The van der Waals surface area contributed by atoms with Crippen molar-refractivity contribution in [2.24, 2.45) is 0 Å². The molecule has 0 atom stereocenters. The lowest BCUT2D eigenvalue weighted by molar-refractivity contribution is -0.132. The standard InChI is InChI=1S/C21H32O2/c1-3-4-5-6-7-8-9-10-11-12-13-14-15-16-17-18-19-20(2)21(22)23/h11-19H,3-10H2,1-2H3,(H,22,23). The molecule has 0 unspecified atom stereocenters. The highest BCUT2D eigenvalue weighted by atomic mass is 16.4. The summed E-state index contributed by atoms with van der Waals surface area (Å²) in [5, 5.41) is 8.67. The Morgan fingerprint density at radius 2 is 1.30 bits per heavy atom. The van der Waals surface area contributed by atoms with Gasteiger partial charge in [-0.25, -0.2) is 4.79 Å². The molecule has 0 aromatic rings. The molecule has 0 aliphatic heterocycles. The van der Waals surface area contributed by atoms with Crippen LogP contribution in [0.2, 0.25) is 0 Å². The fraction of sp³-hybridized carbons (Fsp3) is 0.476. The van der Waals surface area contributed by atoms with E-state index >= 15 is 0 Å². The van der Waals surface area contributed by atoms with Crippen molar-refractivity contribution in [2.45, 2.75) is 65.2 Å². The van der Waals surface area contributed by atoms with Gasteiger partial charge in [0.1, 0.15) is 0 Å². The molecule has 23 heavy (non-hydrogen) atoms. The van der Waals surface area contributed by atoms with E-state index in [9.17, 15) is 4.79 Å². The van der Waals surface area contributed by atoms with Gasteiger partial charge in [-0.2, -0.15) is 0 Å². The molecule has 0 aromatic carbocycles. The van der Waals surface area contributed by atoms with Gasteiger partial charge in [-0.05, 0) is 19.8 Å². The van der Waals surface area contributed by atoms with Gasteiger partial charge in [-0.3, -0.25) is 0 Å². The Balaban J connectivity index is 3.62. The summed E-state index contributed by atoms with van der Waals surface area (Å²) in [6.07, 6.45) is 27.8. The van der Waals surface area contributed by atoms with Gasteiger partial charge in [0.25, 0.3) is 0 Å². The molecule has 0 saturated heterocycles. The molecule has 0 rings (SSSR count). The molecular weight excluding hydrogens is 284 g/mol. The normalized spacial score (nSPS) is 13.2. The SMILES string of the molecule is CCCCCCCCCC=CC=CC=CC=CC=C(C)C(=O)O. The number of aliphatic carboxylic acids is 1. The Morgan fingerprint density at radius 1 is 0.783 bits per heavy atom. The van der Waals surface area contributed by atoms with Crippen LogP contribution < -0.4 is 0 Å². The van der Waals surface area contributed by atoms with Crippen LogP contribution in [0, 0.1) is 0 Å². The van der Waals surface area contributed by atoms with Gasteiger partial charge in [0.2, 0.25) is 0 Å². The lowest BCUT2D eigenvalue weighted by Gasteiger charge is -1.98. The maximum Gasteiger partial charge on any atom is 0.331 e. The van der Waals surface area contributed by atoms with Crippen molar-refractivity contribution >= 4 is 5.97 Å². The van der Waals surface area contributed by atoms with Crippen molar-refractivity contribution < 1.29 is 9.90 Å². The maximum absolute atomic E-state index is 10.6. The van der Waals surface area contributed by atoms with E-state index in [1.165, 1.54) is 44.9 Å². The number of allylic oxidation sites excluding steroid dienone is 9. The lowest BCUT2D eigenvalue weighted by Crippen LogP contribution is -1.94. The maximum atomic E-state index is 10.6. The second-order valence-electron chi connectivity index (χ2n) is 5.65. The van der Waals surface area contributed by atoms with Crippen LogP contribution in [0.5, 0.6) is 0 Å². The molecule has 0 fully saturated rings. The van der Waals surface area contributed by atoms with E-state index in [0.29, 0.717) is 5.57 Å². The first-order chi connectivity index (χ1) is 11.2. The smallest absolute Gasteiger partial charge is 0.331 e. The highest BCUT2D eigenvalue weighted by Gasteiger charge is 1.94. The van der Waals surface area contributed by atoms with E-state index in [2.05, 4.69) is 19.1 Å². The van der Waals surface area contributed by atoms with Gasteiger partial charge in [-0.15, -0.1) is 0 Å². The Morgan fingerprint density at radius 3 is 1.91 bits per heavy atom. The number of rotatable bonds is 13. The van der Waals surface area contributed by atoms with Crippen molar-refractivity contribution in [3.05, 3.63) is 60.3 Å². The van der Waals surface area contributed by atoms with Crippen molar-refractivity contribution in [3.8, 4) is 0 Å². The Bertz CT molecular complexity index is 437. The molecule has 1 N–H and O–H groups in total. The Labute approximate surface area is 142 Å². The zero-order valence-electron chi connectivity index (χ0n) is 14.7. The molecule has 0 spiro atoms. The first kappa shape index (κ1) is 21.2. The minimum atomic E-state index is -0.885. The predicted molar refractivity (Wildman–Crippen MR) is 101 cm³/mol. The average Bonchev–Trinajstić information content (AvgIpc) is 2.54. The second-order valence-corrected chi connectivity index (χ2v) is 5.65. The second kappa shape index (κ2) is 16.5. The van der Waals surface area contributed by atoms with Crippen LogP contribution >= 0.6 is 0 Å². The topological polar surface area (TPSA) is 37.3 Å². The molecule has 2 nitrogen and oxygen atoms in total. The molecule has 128 valence electrons. The number of hydrogen-bond acceptors (Lipinski definition) is 1. The number of carboxylic acids is 1. The summed E-state index contributed by atoms with van der Waals surface area (Å²) in [6.45, 7) is 3.83. The molecule has 0 aliphatic rings. The summed E-state index contributed by atoms with van der Waals surface area (Å²) in [6, 6.07) is 0. The largest absolute Gasteiger partial charge is 0.478 e. The predicted octanol–water partition coefficient (Wildman–Crippen LogP) is 6.38. The zero-order chi connectivity index (χ0) is 17.2. The highest BCUT2D eigenvalue weighted by molar-refractivity contribution is 5.86. The number of carboxylic acid groups (broad SMARTS) is 1. The first-order valence-corrected chi connectivity index (χ1v) is 8.75. The number of hydrogen-bond donors (Lipinski definition) is 1. The first-order valence-electron chi connectivity index (χ1n) is 8.75. The van der Waals surface area contributed by atoms with E-state index in [1.807, 2.05) is 30.4 Å². The van der Waals surface area contributed by atoms with Gasteiger partial charge in [0.15, 0.2) is 0 Å². The molecule has 0 saturated carbocycles. The Kier molecular flexibility index (Phi) is 15.2. The monoisotopic (exact) mass is 316 g/mol. The molecule has 0 aliphatic carbocycles. The van der Waals surface area contributed by atoms with E-state index in [-0.39, 0.29) is 0 Å². The number of carbonyl (C=O) groups is 1. The minimum absolute atomic E-state index is 0.332. The highest BCUT2D eigenvalue weighted by Crippen LogP contribution is 2.08. The van der Waals surface area contributed by atoms with Gasteiger partial charge in [-0.1, -0.05) is 100 Å². The fourth-order valence-electron chi connectivity index (χ4n) is 1.99. The molecular formula is C21H32O2. The van der Waals surface area contributed by atoms with Crippen LogP contribution in [0.3, 0.4) is 0 Å². The Hall–Kier alpha value is -1.83. The quantitative estimate of drug-likeness (QED) is 0.243. The van der Waals surface area contributed by atoms with Crippen molar-refractivity contribution in [1.29, 1.82) is 0 Å². The summed E-state index contributed by atoms with van der Waals surface area (Å²) in [4.78, 5) is 10.6. The summed E-state index contributed by atoms with van der Waals surface area (Å²) in [7, 11) is 0. The number of unbranched alkanes of at least 4 members (excludes halogenated alkanes) is 7. The third kappa shape index (κ3) is 16.4. The van der Waals surface area contributed by atoms with Crippen LogP contribution in [0.4, 0.5) is 0 Å². The van der Waals surface area contributed by atoms with E-state index in [4.69, 9.17) is 5.11 Å². The van der Waals surface area contributed by atoms with Crippen LogP contribution in [0.25, 0.3) is 0 Å². The van der Waals surface area contributed by atoms with Crippen molar-refractivity contribution in [1.82, 2.24) is 0 Å². The fourth-order valence-corrected chi connectivity index (χ4v) is 1.99. The molecule has 2 heteroatoms. The third-order valence-corrected chi connectivity index (χ3v) is 3.46. The van der Waals surface area contributed by atoms with Gasteiger partial charge < -0.3 is 5.11 Å². The van der Waals surface area contributed by atoms with E-state index in [1.54, 1.807) is 19.1 Å². The average molecular weight is 316 g/mol. The van der Waals surface area contributed by atoms with Gasteiger partial charge in [0, 0.05) is 5.57 Å².